The topological polar surface area (TPSA) is 267 Å². The fraction of sp³-hybridized carbons (Fsp3) is 0.182. The molecule has 0 aromatic heterocycles. The summed E-state index contributed by atoms with van der Waals surface area (Å²) in [6.07, 6.45) is -8.66. The van der Waals surface area contributed by atoms with Crippen LogP contribution in [0.1, 0.15) is 53.3 Å². The van der Waals surface area contributed by atoms with E-state index in [0.29, 0.717) is 16.7 Å². The molecular weight excluding hydrogens is 949 g/mol. The molecule has 4 bridgehead atoms. The van der Waals surface area contributed by atoms with Crippen molar-refractivity contribution in [3.05, 3.63) is 172 Å². The number of fused-ring (bicyclic) bond motifs is 6. The van der Waals surface area contributed by atoms with E-state index < -0.39 is 135 Å². The highest BCUT2D eigenvalue weighted by Crippen LogP contribution is 2.54. The van der Waals surface area contributed by atoms with Crippen LogP contribution in [0.3, 0.4) is 0 Å². The zero-order chi connectivity index (χ0) is 50.9. The monoisotopic (exact) mass is 992 g/mol. The predicted octanol–water partition coefficient (Wildman–Crippen LogP) is 7.88. The normalized spacial score (nSPS) is 19.3. The number of phenols is 7. The second-order valence-electron chi connectivity index (χ2n) is 17.2. The van der Waals surface area contributed by atoms with Crippen molar-refractivity contribution in [3.63, 3.8) is 0 Å². The Morgan fingerprint density at radius 3 is 1.53 bits per heavy atom. The van der Waals surface area contributed by atoms with Crippen LogP contribution in [0.4, 0.5) is 0 Å². The molecule has 1 fully saturated rings. The zero-order valence-corrected chi connectivity index (χ0v) is 38.2. The highest BCUT2D eigenvalue weighted by molar-refractivity contribution is 6.08. The lowest BCUT2D eigenvalue weighted by atomic mass is 9.91. The van der Waals surface area contributed by atoms with Crippen LogP contribution in [0.25, 0.3) is 22.3 Å². The highest BCUT2D eigenvalue weighted by atomic mass is 16.7. The van der Waals surface area contributed by atoms with Crippen LogP contribution in [0.5, 0.6) is 51.7 Å². The number of rotatable bonds is 8. The smallest absolute Gasteiger partial charge is 0.340 e. The average Bonchev–Trinajstić information content (AvgIpc) is 3.39. The van der Waals surface area contributed by atoms with Gasteiger partial charge < -0.3 is 73.6 Å². The van der Waals surface area contributed by atoms with Crippen molar-refractivity contribution in [2.75, 3.05) is 6.61 Å². The number of benzene rings is 7. The van der Waals surface area contributed by atoms with Crippen LogP contribution in [-0.2, 0) is 54.8 Å². The van der Waals surface area contributed by atoms with Crippen LogP contribution in [0.2, 0.25) is 0 Å². The number of ether oxygens (including phenoxy) is 8. The minimum absolute atomic E-state index is 0.0193. The maximum atomic E-state index is 15.2. The first-order chi connectivity index (χ1) is 35.3. The molecule has 7 aromatic carbocycles. The molecule has 7 aromatic rings. The Morgan fingerprint density at radius 1 is 0.521 bits per heavy atom. The molecule has 0 aliphatic carbocycles. The first-order valence-corrected chi connectivity index (χ1v) is 22.7. The van der Waals surface area contributed by atoms with Gasteiger partial charge in [0.2, 0.25) is 17.8 Å². The standard InChI is InChI=1S/C55H44O18/c56-37-19-32(20-38(57)44(37)60)52(63)73-55-51-50-49(41(70-55)27-66-25-30-15-7-9-17-33(30)34-18-10-8-16-31(34)26-69-50)71-53(64)35-21-39(58)47(67-23-28-11-3-1-4-12-28)45(61)42(35)43-36(54(65)72-51)22-40(59)48(46(43)62)68-24-29-13-5-2-6-14-29/h1-22,41,49-51,55-62H,23-27H2/t41?,49-,50-,51?,55+/m1/s1. The minimum atomic E-state index is -1.99. The van der Waals surface area contributed by atoms with Gasteiger partial charge in [-0.05, 0) is 57.6 Å². The van der Waals surface area contributed by atoms with Gasteiger partial charge in [0.25, 0.3) is 0 Å². The fourth-order valence-electron chi connectivity index (χ4n) is 8.97. The second-order valence-corrected chi connectivity index (χ2v) is 17.2. The van der Waals surface area contributed by atoms with Crippen LogP contribution >= 0.6 is 0 Å². The summed E-state index contributed by atoms with van der Waals surface area (Å²) < 4.78 is 49.5. The number of aromatic hydroxyl groups is 7. The van der Waals surface area contributed by atoms with Gasteiger partial charge in [0.1, 0.15) is 25.4 Å². The van der Waals surface area contributed by atoms with Gasteiger partial charge in [0, 0.05) is 11.1 Å². The molecule has 7 N–H and O–H groups in total. The molecule has 10 rings (SSSR count). The zero-order valence-electron chi connectivity index (χ0n) is 38.2. The number of hydrogen-bond donors (Lipinski definition) is 7. The summed E-state index contributed by atoms with van der Waals surface area (Å²) in [4.78, 5) is 44.3. The van der Waals surface area contributed by atoms with Crippen molar-refractivity contribution in [3.8, 4) is 74.0 Å². The lowest BCUT2D eigenvalue weighted by Gasteiger charge is -2.44. The van der Waals surface area contributed by atoms with Crippen LogP contribution in [0, 0.1) is 0 Å². The lowest BCUT2D eigenvalue weighted by molar-refractivity contribution is -0.295. The summed E-state index contributed by atoms with van der Waals surface area (Å²) in [5.41, 5.74) is 0.994. The van der Waals surface area contributed by atoms with Crippen molar-refractivity contribution in [1.29, 1.82) is 0 Å². The van der Waals surface area contributed by atoms with Gasteiger partial charge in [-0.25, -0.2) is 14.4 Å². The van der Waals surface area contributed by atoms with Gasteiger partial charge in [-0.15, -0.1) is 0 Å². The van der Waals surface area contributed by atoms with E-state index in [4.69, 9.17) is 37.9 Å². The highest BCUT2D eigenvalue weighted by Gasteiger charge is 2.54. The Balaban J connectivity index is 1.15. The van der Waals surface area contributed by atoms with E-state index >= 15 is 9.59 Å². The Labute approximate surface area is 414 Å². The van der Waals surface area contributed by atoms with Crippen molar-refractivity contribution < 1.29 is 88.0 Å². The van der Waals surface area contributed by atoms with Gasteiger partial charge in [-0.3, -0.25) is 0 Å². The maximum absolute atomic E-state index is 15.2. The molecule has 0 radical (unpaired) electrons. The molecule has 3 heterocycles. The molecule has 0 amide bonds. The molecule has 3 aliphatic rings. The van der Waals surface area contributed by atoms with Crippen LogP contribution < -0.4 is 9.47 Å². The Morgan fingerprint density at radius 2 is 1.00 bits per heavy atom. The maximum Gasteiger partial charge on any atom is 0.340 e. The summed E-state index contributed by atoms with van der Waals surface area (Å²) in [6, 6.07) is 35.4. The van der Waals surface area contributed by atoms with Crippen molar-refractivity contribution >= 4 is 17.9 Å². The van der Waals surface area contributed by atoms with E-state index in [1.54, 1.807) is 72.8 Å². The minimum Gasteiger partial charge on any atom is -0.504 e. The number of esters is 3. The molecule has 0 saturated carbocycles. The van der Waals surface area contributed by atoms with E-state index in [1.165, 1.54) is 0 Å². The molecular formula is C55H44O18. The summed E-state index contributed by atoms with van der Waals surface area (Å²) in [6.45, 7) is -1.13. The summed E-state index contributed by atoms with van der Waals surface area (Å²) in [7, 11) is 0. The molecule has 1 saturated heterocycles. The molecule has 3 aliphatic heterocycles. The fourth-order valence-corrected chi connectivity index (χ4v) is 8.97. The third-order valence-corrected chi connectivity index (χ3v) is 12.5. The van der Waals surface area contributed by atoms with Gasteiger partial charge in [-0.1, -0.05) is 109 Å². The first kappa shape index (κ1) is 47.7. The van der Waals surface area contributed by atoms with Crippen LogP contribution in [-0.4, -0.2) is 91.0 Å². The number of carbonyl (C=O) groups is 3. The van der Waals surface area contributed by atoms with E-state index in [-0.39, 0.29) is 26.4 Å². The van der Waals surface area contributed by atoms with Gasteiger partial charge >= 0.3 is 17.9 Å². The summed E-state index contributed by atoms with van der Waals surface area (Å²) in [5.74, 6) is -11.3. The van der Waals surface area contributed by atoms with Crippen molar-refractivity contribution in [1.82, 2.24) is 0 Å². The number of hydrogen-bond acceptors (Lipinski definition) is 18. The van der Waals surface area contributed by atoms with Gasteiger partial charge in [0.05, 0.1) is 36.5 Å². The molecule has 5 atom stereocenters. The Bertz CT molecular complexity index is 3230. The third kappa shape index (κ3) is 9.40. The third-order valence-electron chi connectivity index (χ3n) is 12.5. The molecule has 2 unspecified atom stereocenters. The quantitative estimate of drug-likeness (QED) is 0.0433. The van der Waals surface area contributed by atoms with E-state index in [2.05, 4.69) is 0 Å². The van der Waals surface area contributed by atoms with E-state index in [0.717, 1.165) is 41.0 Å². The summed E-state index contributed by atoms with van der Waals surface area (Å²) >= 11 is 0. The molecule has 73 heavy (non-hydrogen) atoms. The molecule has 372 valence electrons. The number of phenolic OH excluding ortho intramolecular Hbond substituents is 7. The SMILES string of the molecule is O=C(O[C@@H]1OC2COCc3ccccc3-c3ccccc3CO[C@H]3C1OC(=O)c1cc(O)c(OCc4ccccc4)c(O)c1-c1c(cc(O)c(OCc4ccccc4)c1O)C(=O)O[C@H]23)c1cc(O)c(O)c(O)c1. The Kier molecular flexibility index (Phi) is 13.1. The van der Waals surface area contributed by atoms with Crippen molar-refractivity contribution in [2.45, 2.75) is 57.1 Å². The van der Waals surface area contributed by atoms with Crippen molar-refractivity contribution in [2.24, 2.45) is 0 Å². The van der Waals surface area contributed by atoms with Gasteiger partial charge in [-0.2, -0.15) is 0 Å². The van der Waals surface area contributed by atoms with Gasteiger partial charge in [0.15, 0.2) is 52.5 Å². The largest absolute Gasteiger partial charge is 0.504 e. The Hall–Kier alpha value is -8.97. The molecule has 0 spiro atoms. The summed E-state index contributed by atoms with van der Waals surface area (Å²) in [5, 5.41) is 78.4. The second kappa shape index (κ2) is 20.0. The van der Waals surface area contributed by atoms with E-state index in [1.807, 2.05) is 36.4 Å². The molecule has 18 heteroatoms. The lowest BCUT2D eigenvalue weighted by Crippen LogP contribution is -2.62. The van der Waals surface area contributed by atoms with Crippen LogP contribution in [0.15, 0.2) is 133 Å². The average molecular weight is 993 g/mol. The molecule has 18 nitrogen and oxygen atoms in total. The number of carbonyl (C=O) groups excluding carboxylic acids is 3. The predicted molar refractivity (Wildman–Crippen MR) is 254 cm³/mol. The van der Waals surface area contributed by atoms with E-state index in [9.17, 15) is 40.5 Å². The first-order valence-electron chi connectivity index (χ1n) is 22.7.